The molecule has 0 unspecified atom stereocenters. The standard InChI is InChI=1S/C18H23FN4O2/c1-23-11-14(10-21-23)17(13-8-15(24)9-13)22-18(25)20-7-6-12-4-2-3-5-16(12)19/h2-5,10-11,13,15,17,24H,6-9H2,1H3,(H2,20,22,25)/t13?,15?,17-/m0/s1. The lowest BCUT2D eigenvalue weighted by Gasteiger charge is -2.37. The number of aliphatic hydroxyl groups excluding tert-OH is 1. The molecule has 0 bridgehead atoms. The summed E-state index contributed by atoms with van der Waals surface area (Å²) in [6.45, 7) is 0.347. The molecule has 1 aliphatic carbocycles. The second kappa shape index (κ2) is 7.65. The smallest absolute Gasteiger partial charge is 0.315 e. The number of hydrogen-bond donors (Lipinski definition) is 3. The van der Waals surface area contributed by atoms with Crippen LogP contribution in [0.25, 0.3) is 0 Å². The normalized spacial score (nSPS) is 20.6. The molecule has 0 spiro atoms. The number of hydrogen-bond acceptors (Lipinski definition) is 3. The number of aliphatic hydroxyl groups is 1. The summed E-state index contributed by atoms with van der Waals surface area (Å²) >= 11 is 0. The molecule has 1 heterocycles. The zero-order valence-electron chi connectivity index (χ0n) is 14.2. The summed E-state index contributed by atoms with van der Waals surface area (Å²) in [5.74, 6) is -0.0714. The molecular formula is C18H23FN4O2. The third kappa shape index (κ3) is 4.36. The Labute approximate surface area is 146 Å². The van der Waals surface area contributed by atoms with Crippen molar-refractivity contribution in [2.45, 2.75) is 31.4 Å². The van der Waals surface area contributed by atoms with E-state index in [-0.39, 0.29) is 29.9 Å². The number of nitrogens with one attached hydrogen (secondary N) is 2. The van der Waals surface area contributed by atoms with Gasteiger partial charge in [-0.3, -0.25) is 4.68 Å². The zero-order chi connectivity index (χ0) is 17.8. The number of urea groups is 1. The van der Waals surface area contributed by atoms with Gasteiger partial charge in [0.1, 0.15) is 5.82 Å². The van der Waals surface area contributed by atoms with E-state index in [4.69, 9.17) is 0 Å². The van der Waals surface area contributed by atoms with Crippen LogP contribution in [0.1, 0.15) is 30.0 Å². The Morgan fingerprint density at radius 2 is 2.20 bits per heavy atom. The van der Waals surface area contributed by atoms with Crippen molar-refractivity contribution in [1.82, 2.24) is 20.4 Å². The van der Waals surface area contributed by atoms with Crippen molar-refractivity contribution in [3.63, 3.8) is 0 Å². The quantitative estimate of drug-likeness (QED) is 0.748. The first kappa shape index (κ1) is 17.4. The van der Waals surface area contributed by atoms with Crippen LogP contribution in [0.4, 0.5) is 9.18 Å². The van der Waals surface area contributed by atoms with Crippen molar-refractivity contribution in [3.05, 3.63) is 53.6 Å². The highest BCUT2D eigenvalue weighted by molar-refractivity contribution is 5.74. The van der Waals surface area contributed by atoms with E-state index < -0.39 is 0 Å². The van der Waals surface area contributed by atoms with Crippen LogP contribution in [-0.2, 0) is 13.5 Å². The fourth-order valence-electron chi connectivity index (χ4n) is 3.18. The number of halogens is 1. The number of nitrogens with zero attached hydrogens (tertiary/aromatic N) is 2. The highest BCUT2D eigenvalue weighted by atomic mass is 19.1. The van der Waals surface area contributed by atoms with Crippen LogP contribution >= 0.6 is 0 Å². The van der Waals surface area contributed by atoms with Gasteiger partial charge in [0, 0.05) is 25.4 Å². The van der Waals surface area contributed by atoms with Gasteiger partial charge < -0.3 is 15.7 Å². The highest BCUT2D eigenvalue weighted by Crippen LogP contribution is 2.37. The van der Waals surface area contributed by atoms with Gasteiger partial charge in [-0.15, -0.1) is 0 Å². The van der Waals surface area contributed by atoms with Crippen molar-refractivity contribution < 1.29 is 14.3 Å². The first-order valence-electron chi connectivity index (χ1n) is 8.47. The fraction of sp³-hybridized carbons (Fsp3) is 0.444. The molecule has 1 saturated carbocycles. The van der Waals surface area contributed by atoms with Gasteiger partial charge in [0.05, 0.1) is 18.3 Å². The third-order valence-electron chi connectivity index (χ3n) is 4.63. The van der Waals surface area contributed by atoms with Crippen LogP contribution in [0.5, 0.6) is 0 Å². The molecule has 6 nitrogen and oxygen atoms in total. The lowest BCUT2D eigenvalue weighted by molar-refractivity contribution is 0.0259. The predicted octanol–water partition coefficient (Wildman–Crippen LogP) is 1.91. The van der Waals surface area contributed by atoms with Crippen LogP contribution in [0.15, 0.2) is 36.7 Å². The van der Waals surface area contributed by atoms with Crippen molar-refractivity contribution in [2.75, 3.05) is 6.54 Å². The van der Waals surface area contributed by atoms with Crippen molar-refractivity contribution in [3.8, 4) is 0 Å². The maximum absolute atomic E-state index is 13.6. The summed E-state index contributed by atoms with van der Waals surface area (Å²) in [5.41, 5.74) is 1.50. The molecule has 1 aromatic carbocycles. The average Bonchev–Trinajstić information content (AvgIpc) is 2.98. The van der Waals surface area contributed by atoms with E-state index >= 15 is 0 Å². The minimum Gasteiger partial charge on any atom is -0.393 e. The number of carbonyl (C=O) groups is 1. The summed E-state index contributed by atoms with van der Waals surface area (Å²) in [5, 5.41) is 19.5. The van der Waals surface area contributed by atoms with Crippen LogP contribution in [0.2, 0.25) is 0 Å². The summed E-state index contributed by atoms with van der Waals surface area (Å²) < 4.78 is 15.3. The van der Waals surface area contributed by atoms with Crippen LogP contribution < -0.4 is 10.6 Å². The van der Waals surface area contributed by atoms with Gasteiger partial charge in [0.25, 0.3) is 0 Å². The third-order valence-corrected chi connectivity index (χ3v) is 4.63. The first-order valence-corrected chi connectivity index (χ1v) is 8.47. The van der Waals surface area contributed by atoms with Gasteiger partial charge in [0.2, 0.25) is 0 Å². The minimum absolute atomic E-state index is 0.189. The molecule has 1 aromatic heterocycles. The first-order chi connectivity index (χ1) is 12.0. The number of benzene rings is 1. The topological polar surface area (TPSA) is 79.2 Å². The van der Waals surface area contributed by atoms with Gasteiger partial charge in [-0.2, -0.15) is 5.10 Å². The molecule has 134 valence electrons. The fourth-order valence-corrected chi connectivity index (χ4v) is 3.18. The average molecular weight is 346 g/mol. The van der Waals surface area contributed by atoms with Gasteiger partial charge in [0.15, 0.2) is 0 Å². The lowest BCUT2D eigenvalue weighted by atomic mass is 9.75. The molecule has 2 amide bonds. The Bertz CT molecular complexity index is 727. The van der Waals surface area contributed by atoms with E-state index in [1.54, 1.807) is 29.1 Å². The van der Waals surface area contributed by atoms with Gasteiger partial charge in [-0.25, -0.2) is 9.18 Å². The number of amides is 2. The van der Waals surface area contributed by atoms with Gasteiger partial charge >= 0.3 is 6.03 Å². The number of rotatable bonds is 6. The second-order valence-electron chi connectivity index (χ2n) is 6.55. The van der Waals surface area contributed by atoms with E-state index in [1.165, 1.54) is 6.07 Å². The molecular weight excluding hydrogens is 323 g/mol. The summed E-state index contributed by atoms with van der Waals surface area (Å²) in [7, 11) is 1.82. The zero-order valence-corrected chi connectivity index (χ0v) is 14.2. The Balaban J connectivity index is 1.54. The molecule has 1 fully saturated rings. The Hall–Kier alpha value is -2.41. The van der Waals surface area contributed by atoms with E-state index in [2.05, 4.69) is 15.7 Å². The van der Waals surface area contributed by atoms with Crippen molar-refractivity contribution >= 4 is 6.03 Å². The van der Waals surface area contributed by atoms with E-state index in [0.717, 1.165) is 5.56 Å². The van der Waals surface area contributed by atoms with Crippen LogP contribution in [0.3, 0.4) is 0 Å². The Kier molecular flexibility index (Phi) is 5.33. The Morgan fingerprint density at radius 1 is 1.44 bits per heavy atom. The van der Waals surface area contributed by atoms with Gasteiger partial charge in [-0.1, -0.05) is 18.2 Å². The maximum Gasteiger partial charge on any atom is 0.315 e. The molecule has 0 aliphatic heterocycles. The second-order valence-corrected chi connectivity index (χ2v) is 6.55. The molecule has 3 rings (SSSR count). The van der Waals surface area contributed by atoms with Gasteiger partial charge in [-0.05, 0) is 36.8 Å². The molecule has 1 atom stereocenters. The summed E-state index contributed by atoms with van der Waals surface area (Å²) in [6.07, 6.45) is 5.06. The van der Waals surface area contributed by atoms with E-state index in [0.29, 0.717) is 31.4 Å². The molecule has 25 heavy (non-hydrogen) atoms. The molecule has 3 N–H and O–H groups in total. The minimum atomic E-state index is -0.299. The molecule has 7 heteroatoms. The molecule has 2 aromatic rings. The SMILES string of the molecule is Cn1cc([C@@H](NC(=O)NCCc2ccccc2F)C2CC(O)C2)cn1. The number of carbonyl (C=O) groups excluding carboxylic acids is 1. The molecule has 0 saturated heterocycles. The highest BCUT2D eigenvalue weighted by Gasteiger charge is 2.36. The Morgan fingerprint density at radius 3 is 2.84 bits per heavy atom. The number of aromatic nitrogens is 2. The van der Waals surface area contributed by atoms with Crippen molar-refractivity contribution in [2.24, 2.45) is 13.0 Å². The number of aryl methyl sites for hydroxylation is 1. The monoisotopic (exact) mass is 346 g/mol. The predicted molar refractivity (Wildman–Crippen MR) is 91.3 cm³/mol. The summed E-state index contributed by atoms with van der Waals surface area (Å²) in [4.78, 5) is 12.2. The maximum atomic E-state index is 13.6. The van der Waals surface area contributed by atoms with Crippen molar-refractivity contribution in [1.29, 1.82) is 0 Å². The van der Waals surface area contributed by atoms with Crippen LogP contribution in [0, 0.1) is 11.7 Å². The van der Waals surface area contributed by atoms with Crippen LogP contribution in [-0.4, -0.2) is 33.6 Å². The molecule has 1 aliphatic rings. The van der Waals surface area contributed by atoms with E-state index in [1.807, 2.05) is 13.2 Å². The lowest BCUT2D eigenvalue weighted by Crippen LogP contribution is -2.45. The summed E-state index contributed by atoms with van der Waals surface area (Å²) in [6, 6.07) is 6.06. The van der Waals surface area contributed by atoms with E-state index in [9.17, 15) is 14.3 Å². The largest absolute Gasteiger partial charge is 0.393 e. The molecule has 0 radical (unpaired) electrons.